The summed E-state index contributed by atoms with van der Waals surface area (Å²) < 4.78 is 4.63. The van der Waals surface area contributed by atoms with E-state index >= 15 is 0 Å². The van der Waals surface area contributed by atoms with Crippen molar-refractivity contribution in [2.24, 2.45) is 5.73 Å². The van der Waals surface area contributed by atoms with E-state index in [-0.39, 0.29) is 12.0 Å². The molecule has 1 aliphatic heterocycles. The summed E-state index contributed by atoms with van der Waals surface area (Å²) in [5.41, 5.74) is 5.30. The molecule has 0 saturated carbocycles. The highest BCUT2D eigenvalue weighted by Gasteiger charge is 2.18. The van der Waals surface area contributed by atoms with E-state index in [1.807, 2.05) is 0 Å². The van der Waals surface area contributed by atoms with Gasteiger partial charge in [-0.1, -0.05) is 0 Å². The number of hydrogen-bond acceptors (Lipinski definition) is 3. The molecule has 0 amide bonds. The normalized spacial score (nSPS) is 29.6. The quantitative estimate of drug-likeness (QED) is 0.439. The highest BCUT2D eigenvalue weighted by Crippen LogP contribution is 2.03. The van der Waals surface area contributed by atoms with Gasteiger partial charge in [0, 0.05) is 0 Å². The minimum atomic E-state index is -0.358. The summed E-state index contributed by atoms with van der Waals surface area (Å²) in [6.45, 7) is 0.548. The standard InChI is InChI=1S/C5H9NO2/c6-4-2-1-3-8-5(4)7/h4H,1-3,6H2/t4-/m0/s1. The monoisotopic (exact) mass is 115 g/mol. The fraction of sp³-hybridized carbons (Fsp3) is 0.800. The Kier molecular flexibility index (Phi) is 1.48. The van der Waals surface area contributed by atoms with E-state index in [0.717, 1.165) is 12.8 Å². The molecule has 1 fully saturated rings. The fourth-order valence-corrected chi connectivity index (χ4v) is 0.701. The highest BCUT2D eigenvalue weighted by atomic mass is 16.5. The summed E-state index contributed by atoms with van der Waals surface area (Å²) >= 11 is 0. The topological polar surface area (TPSA) is 52.3 Å². The van der Waals surface area contributed by atoms with Crippen LogP contribution in [-0.4, -0.2) is 18.6 Å². The van der Waals surface area contributed by atoms with Gasteiger partial charge < -0.3 is 10.5 Å². The van der Waals surface area contributed by atoms with E-state index in [0.29, 0.717) is 6.61 Å². The number of nitrogens with two attached hydrogens (primary N) is 1. The van der Waals surface area contributed by atoms with Crippen LogP contribution in [0.1, 0.15) is 12.8 Å². The van der Waals surface area contributed by atoms with E-state index in [1.165, 1.54) is 0 Å². The Morgan fingerprint density at radius 1 is 1.75 bits per heavy atom. The Morgan fingerprint density at radius 2 is 2.50 bits per heavy atom. The molecule has 3 heteroatoms. The maximum Gasteiger partial charge on any atom is 0.322 e. The predicted molar refractivity (Wildman–Crippen MR) is 28.2 cm³/mol. The minimum Gasteiger partial charge on any atom is -0.465 e. The molecule has 0 aromatic heterocycles. The van der Waals surface area contributed by atoms with Crippen LogP contribution in [0.15, 0.2) is 0 Å². The molecular weight excluding hydrogens is 106 g/mol. The van der Waals surface area contributed by atoms with Gasteiger partial charge >= 0.3 is 5.97 Å². The Bertz CT molecular complexity index is 103. The number of esters is 1. The number of cyclic esters (lactones) is 1. The van der Waals surface area contributed by atoms with Crippen LogP contribution >= 0.6 is 0 Å². The average Bonchev–Trinajstić information content (AvgIpc) is 1.77. The second-order valence-electron chi connectivity index (χ2n) is 1.92. The maximum absolute atomic E-state index is 10.4. The minimum absolute atomic E-state index is 0.253. The number of carbonyl (C=O) groups is 1. The van der Waals surface area contributed by atoms with Crippen molar-refractivity contribution in [1.29, 1.82) is 0 Å². The Morgan fingerprint density at radius 3 is 2.88 bits per heavy atom. The summed E-state index contributed by atoms with van der Waals surface area (Å²) in [4.78, 5) is 10.4. The molecule has 0 aliphatic carbocycles. The lowest BCUT2D eigenvalue weighted by Gasteiger charge is -2.15. The van der Waals surface area contributed by atoms with Gasteiger partial charge in [0.25, 0.3) is 0 Å². The molecule has 2 N–H and O–H groups in total. The molecule has 1 heterocycles. The van der Waals surface area contributed by atoms with Crippen molar-refractivity contribution in [1.82, 2.24) is 0 Å². The van der Waals surface area contributed by atoms with Crippen molar-refractivity contribution >= 4 is 5.97 Å². The van der Waals surface area contributed by atoms with Crippen molar-refractivity contribution in [2.75, 3.05) is 6.61 Å². The van der Waals surface area contributed by atoms with Gasteiger partial charge in [-0.3, -0.25) is 4.79 Å². The van der Waals surface area contributed by atoms with Crippen LogP contribution in [0.25, 0.3) is 0 Å². The van der Waals surface area contributed by atoms with E-state index in [4.69, 9.17) is 5.73 Å². The Hall–Kier alpha value is -0.570. The first kappa shape index (κ1) is 5.56. The maximum atomic E-state index is 10.4. The van der Waals surface area contributed by atoms with Gasteiger partial charge in [-0.05, 0) is 12.8 Å². The summed E-state index contributed by atoms with van der Waals surface area (Å²) in [7, 11) is 0. The van der Waals surface area contributed by atoms with Gasteiger partial charge in [-0.2, -0.15) is 0 Å². The van der Waals surface area contributed by atoms with Crippen molar-refractivity contribution in [2.45, 2.75) is 18.9 Å². The molecule has 8 heavy (non-hydrogen) atoms. The largest absolute Gasteiger partial charge is 0.465 e. The second-order valence-corrected chi connectivity index (χ2v) is 1.92. The molecule has 0 aromatic rings. The van der Waals surface area contributed by atoms with Crippen molar-refractivity contribution in [3.63, 3.8) is 0 Å². The Labute approximate surface area is 47.8 Å². The van der Waals surface area contributed by atoms with Crippen LogP contribution in [0.3, 0.4) is 0 Å². The Balaban J connectivity index is 2.39. The van der Waals surface area contributed by atoms with Gasteiger partial charge in [0.2, 0.25) is 0 Å². The zero-order valence-corrected chi connectivity index (χ0v) is 4.59. The molecule has 46 valence electrons. The van der Waals surface area contributed by atoms with Crippen LogP contribution in [0.2, 0.25) is 0 Å². The summed E-state index contributed by atoms with van der Waals surface area (Å²) in [6, 6.07) is -0.358. The smallest absolute Gasteiger partial charge is 0.322 e. The average molecular weight is 115 g/mol. The molecule has 0 unspecified atom stereocenters. The molecule has 1 atom stereocenters. The van der Waals surface area contributed by atoms with Crippen molar-refractivity contribution in [3.05, 3.63) is 0 Å². The molecule has 1 saturated heterocycles. The first-order chi connectivity index (χ1) is 3.80. The lowest BCUT2D eigenvalue weighted by atomic mass is 10.1. The van der Waals surface area contributed by atoms with Crippen LogP contribution in [0, 0.1) is 0 Å². The van der Waals surface area contributed by atoms with Crippen molar-refractivity contribution < 1.29 is 9.53 Å². The third-order valence-electron chi connectivity index (χ3n) is 1.21. The second kappa shape index (κ2) is 2.13. The molecule has 0 spiro atoms. The molecule has 0 radical (unpaired) electrons. The predicted octanol–water partition coefficient (Wildman–Crippen LogP) is -0.349. The van der Waals surface area contributed by atoms with E-state index in [9.17, 15) is 4.79 Å². The van der Waals surface area contributed by atoms with Crippen LogP contribution < -0.4 is 5.73 Å². The van der Waals surface area contributed by atoms with Crippen LogP contribution in [0.5, 0.6) is 0 Å². The first-order valence-electron chi connectivity index (χ1n) is 2.73. The molecule has 3 nitrogen and oxygen atoms in total. The van der Waals surface area contributed by atoms with Crippen LogP contribution in [-0.2, 0) is 9.53 Å². The van der Waals surface area contributed by atoms with Gasteiger partial charge in [-0.15, -0.1) is 0 Å². The van der Waals surface area contributed by atoms with Crippen LogP contribution in [0.4, 0.5) is 0 Å². The number of rotatable bonds is 0. The van der Waals surface area contributed by atoms with Gasteiger partial charge in [0.05, 0.1) is 6.61 Å². The molecule has 1 aliphatic rings. The highest BCUT2D eigenvalue weighted by molar-refractivity contribution is 5.75. The van der Waals surface area contributed by atoms with E-state index in [2.05, 4.69) is 4.74 Å². The number of ether oxygens (including phenoxy) is 1. The van der Waals surface area contributed by atoms with Gasteiger partial charge in [-0.25, -0.2) is 0 Å². The van der Waals surface area contributed by atoms with E-state index in [1.54, 1.807) is 0 Å². The number of hydrogen-bond donors (Lipinski definition) is 1. The zero-order valence-electron chi connectivity index (χ0n) is 4.59. The molecule has 0 aromatic carbocycles. The zero-order chi connectivity index (χ0) is 5.98. The number of carbonyl (C=O) groups excluding carboxylic acids is 1. The summed E-state index contributed by atoms with van der Waals surface area (Å²) in [5, 5.41) is 0. The fourth-order valence-electron chi connectivity index (χ4n) is 0.701. The van der Waals surface area contributed by atoms with Gasteiger partial charge in [0.15, 0.2) is 0 Å². The summed E-state index contributed by atoms with van der Waals surface area (Å²) in [6.07, 6.45) is 1.69. The van der Waals surface area contributed by atoms with Gasteiger partial charge in [0.1, 0.15) is 6.04 Å². The lowest BCUT2D eigenvalue weighted by Crippen LogP contribution is -2.36. The third kappa shape index (κ3) is 0.980. The third-order valence-corrected chi connectivity index (χ3v) is 1.21. The molecule has 0 bridgehead atoms. The van der Waals surface area contributed by atoms with E-state index < -0.39 is 0 Å². The molecular formula is C5H9NO2. The molecule has 1 rings (SSSR count). The first-order valence-corrected chi connectivity index (χ1v) is 2.73. The SMILES string of the molecule is N[C@H]1CCCOC1=O. The summed E-state index contributed by atoms with van der Waals surface area (Å²) in [5.74, 6) is -0.253. The lowest BCUT2D eigenvalue weighted by molar-refractivity contribution is -0.148. The van der Waals surface area contributed by atoms with Crippen molar-refractivity contribution in [3.8, 4) is 0 Å².